The van der Waals surface area contributed by atoms with E-state index < -0.39 is 0 Å². The second-order valence-corrected chi connectivity index (χ2v) is 9.82. The molecule has 0 aliphatic carbocycles. The van der Waals surface area contributed by atoms with Crippen LogP contribution in [0.25, 0.3) is 16.7 Å². The molecule has 7 heteroatoms. The number of amides is 1. The van der Waals surface area contributed by atoms with Gasteiger partial charge in [0.05, 0.1) is 16.8 Å². The summed E-state index contributed by atoms with van der Waals surface area (Å²) in [7, 11) is 0. The molecule has 4 aromatic rings. The topological polar surface area (TPSA) is 67.2 Å². The van der Waals surface area contributed by atoms with Crippen molar-refractivity contribution in [2.75, 3.05) is 31.1 Å². The van der Waals surface area contributed by atoms with Crippen LogP contribution < -0.4 is 4.90 Å². The molecule has 0 N–H and O–H groups in total. The number of carbonyl (C=O) groups is 1. The summed E-state index contributed by atoms with van der Waals surface area (Å²) in [6.45, 7) is 9.16. The zero-order chi connectivity index (χ0) is 25.8. The van der Waals surface area contributed by atoms with Crippen molar-refractivity contribution in [2.45, 2.75) is 52.9 Å². The molecule has 0 spiro atoms. The van der Waals surface area contributed by atoms with Crippen LogP contribution in [0.1, 0.15) is 60.5 Å². The molecule has 1 amide bonds. The molecule has 5 rings (SSSR count). The van der Waals surface area contributed by atoms with Crippen LogP contribution in [0.3, 0.4) is 0 Å². The first kappa shape index (κ1) is 24.9. The number of benzene rings is 2. The maximum atomic E-state index is 13.2. The summed E-state index contributed by atoms with van der Waals surface area (Å²) < 4.78 is 1.93. The number of nitrogens with zero attached hydrogens (tertiary/aromatic N) is 6. The van der Waals surface area contributed by atoms with Crippen molar-refractivity contribution in [3.8, 4) is 5.69 Å². The molecule has 0 unspecified atom stereocenters. The summed E-state index contributed by atoms with van der Waals surface area (Å²) in [6.07, 6.45) is 5.21. The second kappa shape index (κ2) is 11.1. The number of aryl methyl sites for hydroxylation is 3. The second-order valence-electron chi connectivity index (χ2n) is 9.82. The van der Waals surface area contributed by atoms with Gasteiger partial charge in [-0.05, 0) is 56.0 Å². The Morgan fingerprint density at radius 1 is 0.865 bits per heavy atom. The number of anilines is 1. The van der Waals surface area contributed by atoms with Gasteiger partial charge in [0.25, 0.3) is 5.91 Å². The molecule has 7 nitrogen and oxygen atoms in total. The summed E-state index contributed by atoms with van der Waals surface area (Å²) in [4.78, 5) is 27.4. The number of para-hydroxylation sites is 1. The summed E-state index contributed by atoms with van der Waals surface area (Å²) >= 11 is 0. The quantitative estimate of drug-likeness (QED) is 0.328. The number of aromatic nitrogens is 4. The fourth-order valence-corrected chi connectivity index (χ4v) is 5.02. The van der Waals surface area contributed by atoms with Gasteiger partial charge in [0.15, 0.2) is 5.65 Å². The molecule has 0 bridgehead atoms. The maximum Gasteiger partial charge on any atom is 0.253 e. The number of hydrogen-bond acceptors (Lipinski definition) is 5. The highest BCUT2D eigenvalue weighted by atomic mass is 16.2. The Balaban J connectivity index is 1.38. The van der Waals surface area contributed by atoms with Gasteiger partial charge >= 0.3 is 0 Å². The Bertz CT molecular complexity index is 1350. The van der Waals surface area contributed by atoms with E-state index in [1.165, 1.54) is 18.4 Å². The fraction of sp³-hybridized carbons (Fsp3) is 0.400. The monoisotopic (exact) mass is 496 g/mol. The van der Waals surface area contributed by atoms with E-state index in [9.17, 15) is 4.79 Å². The summed E-state index contributed by atoms with van der Waals surface area (Å²) in [5.74, 6) is 1.87. The maximum absolute atomic E-state index is 13.2. The van der Waals surface area contributed by atoms with Crippen LogP contribution in [0.4, 0.5) is 5.82 Å². The predicted octanol–water partition coefficient (Wildman–Crippen LogP) is 5.38. The SMILES string of the molecule is CCCCc1ccc(C(=O)N2CCN(c3nc(CCC)nc4c3c(C)nn4-c3ccccc3)CC2)cc1. The Morgan fingerprint density at radius 3 is 2.27 bits per heavy atom. The molecule has 37 heavy (non-hydrogen) atoms. The zero-order valence-corrected chi connectivity index (χ0v) is 22.2. The van der Waals surface area contributed by atoms with E-state index >= 15 is 0 Å². The van der Waals surface area contributed by atoms with E-state index in [1.54, 1.807) is 0 Å². The lowest BCUT2D eigenvalue weighted by Gasteiger charge is -2.36. The van der Waals surface area contributed by atoms with Crippen molar-refractivity contribution in [1.82, 2.24) is 24.6 Å². The minimum atomic E-state index is 0.106. The molecular formula is C30H36N6O. The van der Waals surface area contributed by atoms with Crippen molar-refractivity contribution in [3.63, 3.8) is 0 Å². The average molecular weight is 497 g/mol. The van der Waals surface area contributed by atoms with Crippen LogP contribution in [0.2, 0.25) is 0 Å². The van der Waals surface area contributed by atoms with Crippen LogP contribution in [0, 0.1) is 6.92 Å². The van der Waals surface area contributed by atoms with Gasteiger partial charge in [0.1, 0.15) is 11.6 Å². The highest BCUT2D eigenvalue weighted by molar-refractivity contribution is 5.95. The normalized spacial score (nSPS) is 13.9. The highest BCUT2D eigenvalue weighted by Crippen LogP contribution is 2.30. The lowest BCUT2D eigenvalue weighted by atomic mass is 10.1. The Kier molecular flexibility index (Phi) is 7.49. The fourth-order valence-electron chi connectivity index (χ4n) is 5.02. The standard InChI is InChI=1S/C30H36N6O/c1-4-6-11-23-14-16-24(17-15-23)30(37)35-20-18-34(19-21-35)28-27-22(3)33-36(25-12-8-7-9-13-25)29(27)32-26(31-28)10-5-2/h7-9,12-17H,4-6,10-11,18-21H2,1-3H3. The van der Waals surface area contributed by atoms with E-state index in [2.05, 4.69) is 30.9 Å². The zero-order valence-electron chi connectivity index (χ0n) is 22.2. The minimum Gasteiger partial charge on any atom is -0.352 e. The molecule has 2 aromatic heterocycles. The number of hydrogen-bond donors (Lipinski definition) is 0. The predicted molar refractivity (Wildman–Crippen MR) is 149 cm³/mol. The Morgan fingerprint density at radius 2 is 1.59 bits per heavy atom. The highest BCUT2D eigenvalue weighted by Gasteiger charge is 2.26. The van der Waals surface area contributed by atoms with Gasteiger partial charge in [-0.3, -0.25) is 4.79 Å². The number of piperazine rings is 1. The summed E-state index contributed by atoms with van der Waals surface area (Å²) in [6, 6.07) is 18.3. The van der Waals surface area contributed by atoms with Crippen molar-refractivity contribution < 1.29 is 4.79 Å². The molecule has 0 radical (unpaired) electrons. The first-order valence-corrected chi connectivity index (χ1v) is 13.5. The molecule has 1 saturated heterocycles. The van der Waals surface area contributed by atoms with Gasteiger partial charge in [-0.15, -0.1) is 0 Å². The number of rotatable bonds is 8. The molecule has 1 aliphatic heterocycles. The third kappa shape index (κ3) is 5.22. The van der Waals surface area contributed by atoms with E-state index in [0.717, 1.165) is 72.0 Å². The largest absolute Gasteiger partial charge is 0.352 e. The number of carbonyl (C=O) groups excluding carboxylic acids is 1. The van der Waals surface area contributed by atoms with Crippen molar-refractivity contribution in [1.29, 1.82) is 0 Å². The molecule has 192 valence electrons. The molecule has 0 atom stereocenters. The van der Waals surface area contributed by atoms with Gasteiger partial charge in [-0.2, -0.15) is 5.10 Å². The van der Waals surface area contributed by atoms with Crippen LogP contribution in [0.5, 0.6) is 0 Å². The van der Waals surface area contributed by atoms with Gasteiger partial charge in [0, 0.05) is 38.2 Å². The number of unbranched alkanes of at least 4 members (excludes halogenated alkanes) is 1. The first-order valence-electron chi connectivity index (χ1n) is 13.5. The van der Waals surface area contributed by atoms with Crippen LogP contribution in [0.15, 0.2) is 54.6 Å². The Labute approximate surface area is 219 Å². The first-order chi connectivity index (χ1) is 18.1. The number of fused-ring (bicyclic) bond motifs is 1. The van der Waals surface area contributed by atoms with Gasteiger partial charge in [-0.25, -0.2) is 14.6 Å². The molecule has 2 aromatic carbocycles. The van der Waals surface area contributed by atoms with Crippen molar-refractivity contribution >= 4 is 22.8 Å². The lowest BCUT2D eigenvalue weighted by molar-refractivity contribution is 0.0746. The van der Waals surface area contributed by atoms with Crippen LogP contribution in [-0.4, -0.2) is 56.7 Å². The van der Waals surface area contributed by atoms with E-state index in [0.29, 0.717) is 13.1 Å². The molecule has 1 aliphatic rings. The van der Waals surface area contributed by atoms with E-state index in [1.807, 2.05) is 59.0 Å². The minimum absolute atomic E-state index is 0.106. The van der Waals surface area contributed by atoms with Crippen LogP contribution in [-0.2, 0) is 12.8 Å². The molecule has 1 fully saturated rings. The molecular weight excluding hydrogens is 460 g/mol. The third-order valence-corrected chi connectivity index (χ3v) is 7.09. The summed E-state index contributed by atoms with van der Waals surface area (Å²) in [5, 5.41) is 5.84. The van der Waals surface area contributed by atoms with Gasteiger partial charge in [-0.1, -0.05) is 50.6 Å². The third-order valence-electron chi connectivity index (χ3n) is 7.09. The van der Waals surface area contributed by atoms with E-state index in [-0.39, 0.29) is 5.91 Å². The van der Waals surface area contributed by atoms with Crippen LogP contribution >= 0.6 is 0 Å². The smallest absolute Gasteiger partial charge is 0.253 e. The lowest BCUT2D eigenvalue weighted by Crippen LogP contribution is -2.49. The van der Waals surface area contributed by atoms with E-state index in [4.69, 9.17) is 15.1 Å². The van der Waals surface area contributed by atoms with Gasteiger partial charge in [0.2, 0.25) is 0 Å². The van der Waals surface area contributed by atoms with Crippen molar-refractivity contribution in [3.05, 3.63) is 77.2 Å². The molecule has 0 saturated carbocycles. The molecule has 3 heterocycles. The van der Waals surface area contributed by atoms with Crippen molar-refractivity contribution in [2.24, 2.45) is 0 Å². The Hall–Kier alpha value is -3.74. The summed E-state index contributed by atoms with van der Waals surface area (Å²) in [5.41, 5.74) is 4.81. The van der Waals surface area contributed by atoms with Gasteiger partial charge < -0.3 is 9.80 Å². The average Bonchev–Trinajstić information content (AvgIpc) is 3.28.